The Morgan fingerprint density at radius 1 is 1.45 bits per heavy atom. The van der Waals surface area contributed by atoms with Crippen molar-refractivity contribution >= 4 is 33.8 Å². The van der Waals surface area contributed by atoms with E-state index >= 15 is 0 Å². The van der Waals surface area contributed by atoms with Gasteiger partial charge in [0.2, 0.25) is 0 Å². The first-order chi connectivity index (χ1) is 5.25. The quantitative estimate of drug-likeness (QED) is 0.573. The van der Waals surface area contributed by atoms with Crippen LogP contribution in [0.2, 0.25) is 0 Å². The van der Waals surface area contributed by atoms with Crippen LogP contribution in [0.5, 0.6) is 0 Å². The first-order valence-corrected chi connectivity index (χ1v) is 4.18. The molecule has 0 saturated heterocycles. The zero-order valence-electron chi connectivity index (χ0n) is 5.80. The Hall–Kier alpha value is -0.720. The lowest BCUT2D eigenvalue weighted by atomic mass is 10.5. The fourth-order valence-electron chi connectivity index (χ4n) is 0.869. The van der Waals surface area contributed by atoms with Crippen molar-refractivity contribution in [1.29, 1.82) is 0 Å². The second kappa shape index (κ2) is 2.40. The van der Waals surface area contributed by atoms with Crippen molar-refractivity contribution in [3.05, 3.63) is 15.9 Å². The highest BCUT2D eigenvalue weighted by atomic mass is 127. The highest BCUT2D eigenvalue weighted by Gasteiger charge is 2.00. The summed E-state index contributed by atoms with van der Waals surface area (Å²) in [4.78, 5) is 15.4. The Kier molecular flexibility index (Phi) is 1.52. The van der Waals surface area contributed by atoms with Crippen LogP contribution in [0, 0.1) is 10.8 Å². The monoisotopic (exact) mass is 260 g/mol. The second-order valence-electron chi connectivity index (χ2n) is 2.18. The highest BCUT2D eigenvalue weighted by molar-refractivity contribution is 14.1. The SMILES string of the molecule is Cc1ncc2nc(I)[nH]c2n1. The van der Waals surface area contributed by atoms with E-state index in [-0.39, 0.29) is 0 Å². The van der Waals surface area contributed by atoms with Gasteiger partial charge in [-0.2, -0.15) is 0 Å². The van der Waals surface area contributed by atoms with Gasteiger partial charge in [-0.25, -0.2) is 15.0 Å². The number of nitrogens with zero attached hydrogens (tertiary/aromatic N) is 3. The third-order valence-electron chi connectivity index (χ3n) is 1.33. The average Bonchev–Trinajstić information content (AvgIpc) is 2.27. The van der Waals surface area contributed by atoms with Gasteiger partial charge in [0.05, 0.1) is 6.20 Å². The maximum Gasteiger partial charge on any atom is 0.170 e. The van der Waals surface area contributed by atoms with Gasteiger partial charge in [-0.3, -0.25) is 0 Å². The van der Waals surface area contributed by atoms with Crippen molar-refractivity contribution in [2.75, 3.05) is 0 Å². The minimum atomic E-state index is 0.762. The van der Waals surface area contributed by atoms with Crippen molar-refractivity contribution in [1.82, 2.24) is 19.9 Å². The molecule has 2 aromatic heterocycles. The molecule has 4 nitrogen and oxygen atoms in total. The number of hydrogen-bond donors (Lipinski definition) is 1. The molecule has 0 aliphatic carbocycles. The summed E-state index contributed by atoms with van der Waals surface area (Å²) in [5.41, 5.74) is 1.63. The topological polar surface area (TPSA) is 54.5 Å². The first-order valence-electron chi connectivity index (χ1n) is 3.10. The number of hydrogen-bond acceptors (Lipinski definition) is 3. The van der Waals surface area contributed by atoms with Gasteiger partial charge < -0.3 is 4.98 Å². The molecule has 0 fully saturated rings. The number of aryl methyl sites for hydroxylation is 1. The Morgan fingerprint density at radius 2 is 2.27 bits per heavy atom. The molecule has 0 aliphatic heterocycles. The zero-order valence-corrected chi connectivity index (χ0v) is 7.95. The van der Waals surface area contributed by atoms with E-state index in [2.05, 4.69) is 42.5 Å². The molecule has 1 N–H and O–H groups in total. The van der Waals surface area contributed by atoms with E-state index in [1.165, 1.54) is 0 Å². The highest BCUT2D eigenvalue weighted by Crippen LogP contribution is 2.08. The molecule has 5 heteroatoms. The Bertz CT molecular complexity index is 394. The molecular weight excluding hydrogens is 255 g/mol. The van der Waals surface area contributed by atoms with Gasteiger partial charge in [-0.15, -0.1) is 0 Å². The summed E-state index contributed by atoms with van der Waals surface area (Å²) in [7, 11) is 0. The van der Waals surface area contributed by atoms with Gasteiger partial charge in [0.25, 0.3) is 0 Å². The zero-order chi connectivity index (χ0) is 7.84. The lowest BCUT2D eigenvalue weighted by molar-refractivity contribution is 1.08. The van der Waals surface area contributed by atoms with Crippen molar-refractivity contribution in [2.45, 2.75) is 6.92 Å². The summed E-state index contributed by atoms with van der Waals surface area (Å²) in [6.07, 6.45) is 1.72. The molecule has 0 spiro atoms. The Labute approximate surface area is 76.6 Å². The molecule has 0 radical (unpaired) electrons. The molecule has 0 bridgehead atoms. The van der Waals surface area contributed by atoms with Gasteiger partial charge in [0.1, 0.15) is 11.3 Å². The molecule has 0 amide bonds. The summed E-state index contributed by atoms with van der Waals surface area (Å²) in [5, 5.41) is 0. The van der Waals surface area contributed by atoms with Crippen LogP contribution in [-0.2, 0) is 0 Å². The largest absolute Gasteiger partial charge is 0.318 e. The predicted molar refractivity (Wildman–Crippen MR) is 49.1 cm³/mol. The molecule has 2 rings (SSSR count). The molecule has 0 saturated carbocycles. The van der Waals surface area contributed by atoms with Gasteiger partial charge in [0, 0.05) is 0 Å². The number of H-pyrrole nitrogens is 1. The summed E-state index contributed by atoms with van der Waals surface area (Å²) in [6, 6.07) is 0. The molecule has 2 heterocycles. The minimum absolute atomic E-state index is 0.762. The van der Waals surface area contributed by atoms with E-state index < -0.39 is 0 Å². The van der Waals surface area contributed by atoms with E-state index in [1.807, 2.05) is 6.92 Å². The summed E-state index contributed by atoms with van der Waals surface area (Å²) in [6.45, 7) is 1.85. The second-order valence-corrected chi connectivity index (χ2v) is 3.20. The van der Waals surface area contributed by atoms with Gasteiger partial charge in [-0.1, -0.05) is 0 Å². The number of aromatic nitrogens is 4. The van der Waals surface area contributed by atoms with Crippen LogP contribution in [0.4, 0.5) is 0 Å². The van der Waals surface area contributed by atoms with Crippen LogP contribution >= 0.6 is 22.6 Å². The summed E-state index contributed by atoms with van der Waals surface area (Å²) >= 11 is 2.11. The number of nitrogens with one attached hydrogen (secondary N) is 1. The van der Waals surface area contributed by atoms with E-state index in [1.54, 1.807) is 6.20 Å². The molecule has 11 heavy (non-hydrogen) atoms. The maximum atomic E-state index is 4.16. The molecule has 0 unspecified atom stereocenters. The number of rotatable bonds is 0. The van der Waals surface area contributed by atoms with Crippen LogP contribution in [0.25, 0.3) is 11.2 Å². The average molecular weight is 260 g/mol. The van der Waals surface area contributed by atoms with Gasteiger partial charge in [-0.05, 0) is 29.5 Å². The third-order valence-corrected chi connectivity index (χ3v) is 1.84. The van der Waals surface area contributed by atoms with Crippen molar-refractivity contribution < 1.29 is 0 Å². The van der Waals surface area contributed by atoms with Gasteiger partial charge >= 0.3 is 0 Å². The normalized spacial score (nSPS) is 10.7. The molecular formula is C6H5IN4. The van der Waals surface area contributed by atoms with Gasteiger partial charge in [0.15, 0.2) is 9.48 Å². The predicted octanol–water partition coefficient (Wildman–Crippen LogP) is 1.27. The van der Waals surface area contributed by atoms with E-state index in [0.29, 0.717) is 0 Å². The van der Waals surface area contributed by atoms with Crippen LogP contribution in [0.3, 0.4) is 0 Å². The Balaban J connectivity index is 2.82. The standard InChI is InChI=1S/C6H5IN4/c1-3-8-2-4-5(9-3)11-6(7)10-4/h2H,1H3,(H,8,9,10,11). The van der Waals surface area contributed by atoms with Crippen molar-refractivity contribution in [3.8, 4) is 0 Å². The summed E-state index contributed by atoms with van der Waals surface area (Å²) < 4.78 is 0.845. The maximum absolute atomic E-state index is 4.16. The van der Waals surface area contributed by atoms with Crippen LogP contribution < -0.4 is 0 Å². The van der Waals surface area contributed by atoms with Crippen molar-refractivity contribution in [2.24, 2.45) is 0 Å². The molecule has 56 valence electrons. The number of imidazole rings is 1. The lowest BCUT2D eigenvalue weighted by Gasteiger charge is -1.87. The first kappa shape index (κ1) is 6.96. The van der Waals surface area contributed by atoms with Crippen LogP contribution in [-0.4, -0.2) is 19.9 Å². The van der Waals surface area contributed by atoms with Crippen LogP contribution in [0.15, 0.2) is 6.20 Å². The molecule has 0 aromatic carbocycles. The molecule has 0 atom stereocenters. The fourth-order valence-corrected chi connectivity index (χ4v) is 1.38. The minimum Gasteiger partial charge on any atom is -0.318 e. The van der Waals surface area contributed by atoms with E-state index in [9.17, 15) is 0 Å². The van der Waals surface area contributed by atoms with Crippen LogP contribution in [0.1, 0.15) is 5.82 Å². The molecule has 0 aliphatic rings. The molecule has 2 aromatic rings. The number of aromatic amines is 1. The number of halogens is 1. The third kappa shape index (κ3) is 1.20. The summed E-state index contributed by atoms with van der Waals surface area (Å²) in [5.74, 6) is 0.762. The smallest absolute Gasteiger partial charge is 0.170 e. The number of fused-ring (bicyclic) bond motifs is 1. The van der Waals surface area contributed by atoms with E-state index in [4.69, 9.17) is 0 Å². The van der Waals surface area contributed by atoms with Crippen molar-refractivity contribution in [3.63, 3.8) is 0 Å². The van der Waals surface area contributed by atoms with E-state index in [0.717, 1.165) is 20.8 Å². The Morgan fingerprint density at radius 3 is 3.09 bits per heavy atom. The fraction of sp³-hybridized carbons (Fsp3) is 0.167. The lowest BCUT2D eigenvalue weighted by Crippen LogP contribution is -1.85.